The zero-order valence-electron chi connectivity index (χ0n) is 2.99. The van der Waals surface area contributed by atoms with Gasteiger partial charge in [-0.2, -0.15) is 0 Å². The van der Waals surface area contributed by atoms with Crippen molar-refractivity contribution in [3.8, 4) is 0 Å². The Hall–Kier alpha value is -0.530. The van der Waals surface area contributed by atoms with Gasteiger partial charge in [0.2, 0.25) is 5.91 Å². The Morgan fingerprint density at radius 1 is 2.00 bits per heavy atom. The second kappa shape index (κ2) is 0.506. The van der Waals surface area contributed by atoms with E-state index in [2.05, 4.69) is 5.32 Å². The van der Waals surface area contributed by atoms with Crippen molar-refractivity contribution in [1.29, 1.82) is 0 Å². The molecule has 2 heteroatoms. The van der Waals surface area contributed by atoms with E-state index in [-0.39, 0.29) is 11.9 Å². The summed E-state index contributed by atoms with van der Waals surface area (Å²) in [6, 6.07) is 0.162. The van der Waals surface area contributed by atoms with E-state index in [4.69, 9.17) is 0 Å². The molecule has 0 bridgehead atoms. The number of rotatable bonds is 0. The summed E-state index contributed by atoms with van der Waals surface area (Å²) >= 11 is 0. The molecule has 0 spiro atoms. The largest absolute Gasteiger partial charge is 0.343 e. The van der Waals surface area contributed by atoms with Gasteiger partial charge in [-0.1, -0.05) is 0 Å². The van der Waals surface area contributed by atoms with Gasteiger partial charge in [0.15, 0.2) is 0 Å². The van der Waals surface area contributed by atoms with Crippen molar-refractivity contribution in [1.82, 2.24) is 5.32 Å². The lowest BCUT2D eigenvalue weighted by molar-refractivity contribution is -0.110. The van der Waals surface area contributed by atoms with Crippen molar-refractivity contribution in [3.05, 3.63) is 0 Å². The maximum atomic E-state index is 9.78. The molecule has 1 atom stereocenters. The van der Waals surface area contributed by atoms with E-state index >= 15 is 0 Å². The van der Waals surface area contributed by atoms with Crippen LogP contribution in [0.25, 0.3) is 0 Å². The lowest BCUT2D eigenvalue weighted by Crippen LogP contribution is -1.73. The zero-order valence-corrected chi connectivity index (χ0v) is 2.99. The molecule has 1 heterocycles. The minimum absolute atomic E-state index is 0.162. The normalized spacial score (nSPS) is 33.0. The van der Waals surface area contributed by atoms with Gasteiger partial charge in [-0.25, -0.2) is 0 Å². The van der Waals surface area contributed by atoms with E-state index in [1.165, 1.54) is 0 Å². The van der Waals surface area contributed by atoms with Crippen LogP contribution in [-0.2, 0) is 4.79 Å². The number of carbonyl (C=O) groups excluding carboxylic acids is 1. The molecule has 1 fully saturated rings. The number of hydrogen-bond donors (Lipinski definition) is 1. The molecule has 1 aliphatic rings. The van der Waals surface area contributed by atoms with E-state index in [9.17, 15) is 4.79 Å². The Bertz CT molecular complexity index is 69.3. The Labute approximate surface area is 30.2 Å². The first-order valence-corrected chi connectivity index (χ1v) is 1.61. The molecule has 1 saturated heterocycles. The Balaban J connectivity index is 2.47. The SMILES string of the molecule is CC1NC1=O. The van der Waals surface area contributed by atoms with Crippen LogP contribution < -0.4 is 5.32 Å². The fourth-order valence-corrected chi connectivity index (χ4v) is 0.172. The number of carbonyl (C=O) groups is 1. The maximum Gasteiger partial charge on any atom is 0.242 e. The Morgan fingerprint density at radius 3 is 2.20 bits per heavy atom. The van der Waals surface area contributed by atoms with E-state index in [0.29, 0.717) is 0 Å². The minimum atomic E-state index is 0.162. The maximum absolute atomic E-state index is 9.78. The average molecular weight is 71.1 g/mol. The van der Waals surface area contributed by atoms with Crippen molar-refractivity contribution >= 4 is 5.91 Å². The quantitative estimate of drug-likeness (QED) is 0.384. The molecule has 0 saturated carbocycles. The minimum Gasteiger partial charge on any atom is -0.343 e. The Kier molecular flexibility index (Phi) is 0.272. The first-order valence-electron chi connectivity index (χ1n) is 1.61. The summed E-state index contributed by atoms with van der Waals surface area (Å²) in [6.45, 7) is 1.84. The molecule has 1 amide bonds. The zero-order chi connectivity index (χ0) is 3.86. The third-order valence-electron chi connectivity index (χ3n) is 0.669. The molecule has 1 unspecified atom stereocenters. The van der Waals surface area contributed by atoms with Crippen molar-refractivity contribution in [2.45, 2.75) is 13.0 Å². The Morgan fingerprint density at radius 2 is 2.20 bits per heavy atom. The second-order valence-electron chi connectivity index (χ2n) is 1.23. The van der Waals surface area contributed by atoms with Gasteiger partial charge in [0.1, 0.15) is 6.04 Å². The monoisotopic (exact) mass is 71.0 g/mol. The summed E-state index contributed by atoms with van der Waals surface area (Å²) in [5, 5.41) is 2.56. The fraction of sp³-hybridized carbons (Fsp3) is 0.667. The van der Waals surface area contributed by atoms with Crippen LogP contribution in [-0.4, -0.2) is 11.9 Å². The van der Waals surface area contributed by atoms with Gasteiger partial charge in [-0.15, -0.1) is 0 Å². The third kappa shape index (κ3) is 0.251. The van der Waals surface area contributed by atoms with Crippen molar-refractivity contribution in [3.63, 3.8) is 0 Å². The summed E-state index contributed by atoms with van der Waals surface area (Å²) < 4.78 is 0. The standard InChI is InChI=1S/C3H5NO/c1-2-3(5)4-2/h2H,1H3,(H,4,5). The van der Waals surface area contributed by atoms with Crippen LogP contribution in [0.4, 0.5) is 0 Å². The number of nitrogens with one attached hydrogen (secondary N) is 1. The first-order chi connectivity index (χ1) is 2.30. The summed E-state index contributed by atoms with van der Waals surface area (Å²) in [4.78, 5) is 9.78. The van der Waals surface area contributed by atoms with Gasteiger partial charge in [-0.3, -0.25) is 4.79 Å². The second-order valence-corrected chi connectivity index (χ2v) is 1.23. The molecular weight excluding hydrogens is 66.0 g/mol. The summed E-state index contributed by atoms with van der Waals surface area (Å²) in [6.07, 6.45) is 0. The van der Waals surface area contributed by atoms with Gasteiger partial charge in [-0.05, 0) is 6.92 Å². The van der Waals surface area contributed by atoms with E-state index in [0.717, 1.165) is 0 Å². The first kappa shape index (κ1) is 2.69. The summed E-state index contributed by atoms with van der Waals surface area (Å²) in [7, 11) is 0. The summed E-state index contributed by atoms with van der Waals surface area (Å²) in [5.74, 6) is 0.171. The molecule has 0 radical (unpaired) electrons. The van der Waals surface area contributed by atoms with E-state index in [1.807, 2.05) is 6.92 Å². The highest BCUT2D eigenvalue weighted by molar-refractivity contribution is 5.95. The molecule has 0 aliphatic carbocycles. The van der Waals surface area contributed by atoms with Gasteiger partial charge in [0, 0.05) is 0 Å². The molecule has 0 aromatic carbocycles. The van der Waals surface area contributed by atoms with E-state index < -0.39 is 0 Å². The molecular formula is C3H5NO. The van der Waals surface area contributed by atoms with Crippen molar-refractivity contribution < 1.29 is 4.79 Å². The smallest absolute Gasteiger partial charge is 0.242 e. The lowest BCUT2D eigenvalue weighted by Gasteiger charge is -1.49. The van der Waals surface area contributed by atoms with Crippen LogP contribution in [0.5, 0.6) is 0 Å². The lowest BCUT2D eigenvalue weighted by atomic mass is 10.6. The van der Waals surface area contributed by atoms with Gasteiger partial charge < -0.3 is 5.32 Å². The fourth-order valence-electron chi connectivity index (χ4n) is 0.172. The highest BCUT2D eigenvalue weighted by atomic mass is 16.2. The predicted molar refractivity (Wildman–Crippen MR) is 17.6 cm³/mol. The third-order valence-corrected chi connectivity index (χ3v) is 0.669. The van der Waals surface area contributed by atoms with Gasteiger partial charge >= 0.3 is 0 Å². The number of hydrogen-bond acceptors (Lipinski definition) is 1. The molecule has 1 N–H and O–H groups in total. The van der Waals surface area contributed by atoms with Crippen LogP contribution in [0.3, 0.4) is 0 Å². The molecule has 1 rings (SSSR count). The molecule has 1 aliphatic heterocycles. The summed E-state index contributed by atoms with van der Waals surface area (Å²) in [5.41, 5.74) is 0. The highest BCUT2D eigenvalue weighted by Crippen LogP contribution is 1.93. The van der Waals surface area contributed by atoms with Crippen LogP contribution >= 0.6 is 0 Å². The topological polar surface area (TPSA) is 39.0 Å². The molecule has 5 heavy (non-hydrogen) atoms. The van der Waals surface area contributed by atoms with Gasteiger partial charge in [0.25, 0.3) is 0 Å². The molecule has 0 aromatic heterocycles. The van der Waals surface area contributed by atoms with Crippen LogP contribution in [0, 0.1) is 0 Å². The van der Waals surface area contributed by atoms with Crippen LogP contribution in [0.15, 0.2) is 0 Å². The van der Waals surface area contributed by atoms with Crippen LogP contribution in [0.1, 0.15) is 6.92 Å². The van der Waals surface area contributed by atoms with Gasteiger partial charge in [0.05, 0.1) is 0 Å². The highest BCUT2D eigenvalue weighted by Gasteiger charge is 2.26. The molecule has 0 aromatic rings. The van der Waals surface area contributed by atoms with Crippen molar-refractivity contribution in [2.75, 3.05) is 0 Å². The average Bonchev–Trinajstić information content (AvgIpc) is 1.79. The van der Waals surface area contributed by atoms with E-state index in [1.54, 1.807) is 0 Å². The predicted octanol–water partition coefficient (Wildman–Crippen LogP) is -0.495. The molecule has 2 nitrogen and oxygen atoms in total. The molecule has 28 valence electrons. The van der Waals surface area contributed by atoms with Crippen LogP contribution in [0.2, 0.25) is 0 Å². The van der Waals surface area contributed by atoms with Crippen molar-refractivity contribution in [2.24, 2.45) is 0 Å². The number of amides is 1.